The highest BCUT2D eigenvalue weighted by Gasteiger charge is 2.23. The van der Waals surface area contributed by atoms with Crippen molar-refractivity contribution in [2.24, 2.45) is 23.7 Å². The number of hydrogen-bond donors (Lipinski definition) is 0. The maximum Gasteiger partial charge on any atom is 0.0490 e. The van der Waals surface area contributed by atoms with Gasteiger partial charge in [-0.25, -0.2) is 0 Å². The molecule has 0 saturated heterocycles. The van der Waals surface area contributed by atoms with Crippen LogP contribution in [0.5, 0.6) is 0 Å². The number of rotatable bonds is 5. The van der Waals surface area contributed by atoms with Gasteiger partial charge in [0.05, 0.1) is 0 Å². The van der Waals surface area contributed by atoms with E-state index in [0.717, 1.165) is 30.3 Å². The summed E-state index contributed by atoms with van der Waals surface area (Å²) in [6.45, 7) is 3.42. The third kappa shape index (κ3) is 4.57. The lowest BCUT2D eigenvalue weighted by Gasteiger charge is -2.31. The van der Waals surface area contributed by atoms with E-state index >= 15 is 0 Å². The SMILES string of the molecule is COC[C@H]1CC[C@H](CC[C@H]2CC[C@H](C)CC2)CC1. The van der Waals surface area contributed by atoms with Gasteiger partial charge in [-0.1, -0.05) is 58.3 Å². The molecular weight excluding hydrogens is 220 g/mol. The molecule has 0 N–H and O–H groups in total. The first-order valence-electron chi connectivity index (χ1n) is 8.27. The summed E-state index contributed by atoms with van der Waals surface area (Å²) < 4.78 is 5.28. The van der Waals surface area contributed by atoms with Crippen LogP contribution < -0.4 is 0 Å². The molecule has 2 aliphatic carbocycles. The normalized spacial score (nSPS) is 37.7. The number of methoxy groups -OCH3 is 1. The first-order chi connectivity index (χ1) is 8.78. The van der Waals surface area contributed by atoms with Gasteiger partial charge < -0.3 is 4.74 Å². The molecule has 1 nitrogen and oxygen atoms in total. The van der Waals surface area contributed by atoms with Crippen molar-refractivity contribution >= 4 is 0 Å². The third-order valence-electron chi connectivity index (χ3n) is 5.49. The summed E-state index contributed by atoms with van der Waals surface area (Å²) in [7, 11) is 1.84. The van der Waals surface area contributed by atoms with Crippen LogP contribution in [0.1, 0.15) is 71.1 Å². The Kier molecular flexibility index (Phi) is 6.01. The molecule has 0 aromatic carbocycles. The van der Waals surface area contributed by atoms with Gasteiger partial charge in [-0.05, 0) is 36.5 Å². The topological polar surface area (TPSA) is 9.23 Å². The van der Waals surface area contributed by atoms with Crippen molar-refractivity contribution in [3.05, 3.63) is 0 Å². The molecule has 0 aromatic rings. The second-order valence-electron chi connectivity index (χ2n) is 7.05. The van der Waals surface area contributed by atoms with Gasteiger partial charge >= 0.3 is 0 Å². The maximum atomic E-state index is 5.28. The second kappa shape index (κ2) is 7.53. The Bertz CT molecular complexity index is 210. The number of ether oxygens (including phenoxy) is 1. The summed E-state index contributed by atoms with van der Waals surface area (Å²) in [6, 6.07) is 0. The van der Waals surface area contributed by atoms with Gasteiger partial charge in [0.25, 0.3) is 0 Å². The van der Waals surface area contributed by atoms with E-state index in [1.54, 1.807) is 0 Å². The van der Waals surface area contributed by atoms with Crippen LogP contribution in [0.15, 0.2) is 0 Å². The van der Waals surface area contributed by atoms with E-state index < -0.39 is 0 Å². The van der Waals surface area contributed by atoms with Gasteiger partial charge in [0, 0.05) is 13.7 Å². The molecule has 18 heavy (non-hydrogen) atoms. The van der Waals surface area contributed by atoms with Crippen molar-refractivity contribution in [2.45, 2.75) is 71.1 Å². The minimum Gasteiger partial charge on any atom is -0.384 e. The van der Waals surface area contributed by atoms with E-state index in [9.17, 15) is 0 Å². The molecule has 106 valence electrons. The van der Waals surface area contributed by atoms with Gasteiger partial charge in [0.15, 0.2) is 0 Å². The largest absolute Gasteiger partial charge is 0.384 e. The predicted octanol–water partition coefficient (Wildman–Crippen LogP) is 5.05. The molecule has 0 heterocycles. The highest BCUT2D eigenvalue weighted by Crippen LogP contribution is 2.36. The summed E-state index contributed by atoms with van der Waals surface area (Å²) >= 11 is 0. The molecule has 0 radical (unpaired) electrons. The summed E-state index contributed by atoms with van der Waals surface area (Å²) in [4.78, 5) is 0. The number of hydrogen-bond acceptors (Lipinski definition) is 1. The molecule has 1 heteroatoms. The highest BCUT2D eigenvalue weighted by molar-refractivity contribution is 4.75. The summed E-state index contributed by atoms with van der Waals surface area (Å²) in [5.41, 5.74) is 0. The Morgan fingerprint density at radius 2 is 1.17 bits per heavy atom. The Hall–Kier alpha value is -0.0400. The van der Waals surface area contributed by atoms with Gasteiger partial charge in [0.1, 0.15) is 0 Å². The van der Waals surface area contributed by atoms with Crippen LogP contribution >= 0.6 is 0 Å². The van der Waals surface area contributed by atoms with E-state index in [4.69, 9.17) is 4.74 Å². The molecule has 0 atom stereocenters. The fraction of sp³-hybridized carbons (Fsp3) is 1.00. The lowest BCUT2D eigenvalue weighted by Crippen LogP contribution is -2.19. The van der Waals surface area contributed by atoms with Crippen molar-refractivity contribution in [3.8, 4) is 0 Å². The quantitative estimate of drug-likeness (QED) is 0.665. The molecule has 0 aliphatic heterocycles. The molecule has 2 aliphatic rings. The first-order valence-corrected chi connectivity index (χ1v) is 8.27. The van der Waals surface area contributed by atoms with Crippen LogP contribution in [0.2, 0.25) is 0 Å². The van der Waals surface area contributed by atoms with Gasteiger partial charge in [-0.15, -0.1) is 0 Å². The van der Waals surface area contributed by atoms with Crippen LogP contribution in [-0.2, 0) is 4.74 Å². The highest BCUT2D eigenvalue weighted by atomic mass is 16.5. The van der Waals surface area contributed by atoms with E-state index in [0.29, 0.717) is 0 Å². The minimum absolute atomic E-state index is 0.863. The van der Waals surface area contributed by atoms with Gasteiger partial charge in [-0.2, -0.15) is 0 Å². The van der Waals surface area contributed by atoms with Crippen molar-refractivity contribution in [3.63, 3.8) is 0 Å². The average molecular weight is 252 g/mol. The van der Waals surface area contributed by atoms with Crippen molar-refractivity contribution in [1.82, 2.24) is 0 Å². The summed E-state index contributed by atoms with van der Waals surface area (Å²) in [6.07, 6.45) is 14.8. The van der Waals surface area contributed by atoms with Gasteiger partial charge in [-0.3, -0.25) is 0 Å². The Labute approximate surface area is 114 Å². The maximum absolute atomic E-state index is 5.28. The molecule has 0 aromatic heterocycles. The lowest BCUT2D eigenvalue weighted by molar-refractivity contribution is 0.115. The average Bonchev–Trinajstić information content (AvgIpc) is 2.40. The third-order valence-corrected chi connectivity index (χ3v) is 5.49. The fourth-order valence-corrected chi connectivity index (χ4v) is 4.01. The molecule has 0 spiro atoms. The molecule has 0 amide bonds. The molecular formula is C17H32O. The molecule has 0 bridgehead atoms. The predicted molar refractivity (Wildman–Crippen MR) is 77.7 cm³/mol. The minimum atomic E-state index is 0.863. The van der Waals surface area contributed by atoms with Crippen molar-refractivity contribution in [2.75, 3.05) is 13.7 Å². The Morgan fingerprint density at radius 3 is 1.67 bits per heavy atom. The van der Waals surface area contributed by atoms with E-state index in [1.165, 1.54) is 64.2 Å². The Balaban J connectivity index is 1.57. The van der Waals surface area contributed by atoms with Gasteiger partial charge in [0.2, 0.25) is 0 Å². The molecule has 2 saturated carbocycles. The summed E-state index contributed by atoms with van der Waals surface area (Å²) in [5.74, 6) is 3.97. The van der Waals surface area contributed by atoms with Crippen LogP contribution in [0.25, 0.3) is 0 Å². The van der Waals surface area contributed by atoms with Crippen molar-refractivity contribution < 1.29 is 4.74 Å². The van der Waals surface area contributed by atoms with E-state index in [1.807, 2.05) is 7.11 Å². The zero-order chi connectivity index (χ0) is 12.8. The molecule has 0 unspecified atom stereocenters. The van der Waals surface area contributed by atoms with Crippen LogP contribution in [0, 0.1) is 23.7 Å². The molecule has 2 fully saturated rings. The lowest BCUT2D eigenvalue weighted by atomic mass is 9.76. The zero-order valence-electron chi connectivity index (χ0n) is 12.5. The second-order valence-corrected chi connectivity index (χ2v) is 7.05. The Morgan fingerprint density at radius 1 is 0.722 bits per heavy atom. The van der Waals surface area contributed by atoms with E-state index in [-0.39, 0.29) is 0 Å². The zero-order valence-corrected chi connectivity index (χ0v) is 12.5. The fourth-order valence-electron chi connectivity index (χ4n) is 4.01. The van der Waals surface area contributed by atoms with E-state index in [2.05, 4.69) is 6.92 Å². The first kappa shape index (κ1) is 14.4. The monoisotopic (exact) mass is 252 g/mol. The standard InChI is InChI=1S/C17H32O/c1-14-3-5-15(6-4-14)7-8-16-9-11-17(12-10-16)13-18-2/h14-17H,3-13H2,1-2H3/t14-,15-,16-,17-. The smallest absolute Gasteiger partial charge is 0.0490 e. The van der Waals surface area contributed by atoms with Crippen LogP contribution in [0.4, 0.5) is 0 Å². The van der Waals surface area contributed by atoms with Crippen molar-refractivity contribution in [1.29, 1.82) is 0 Å². The van der Waals surface area contributed by atoms with Crippen LogP contribution in [-0.4, -0.2) is 13.7 Å². The molecule has 2 rings (SSSR count). The summed E-state index contributed by atoms with van der Waals surface area (Å²) in [5, 5.41) is 0. The van der Waals surface area contributed by atoms with Crippen LogP contribution in [0.3, 0.4) is 0 Å².